The SMILES string of the molecule is CCC(C)c1ccc(Oc2nc3ccc(N)cc3[nH]2)cc1. The first kappa shape index (κ1) is 13.5. The van der Waals surface area contributed by atoms with Crippen LogP contribution in [0.5, 0.6) is 11.8 Å². The van der Waals surface area contributed by atoms with Gasteiger partial charge in [-0.15, -0.1) is 0 Å². The Labute approximate surface area is 124 Å². The third-order valence-electron chi connectivity index (χ3n) is 3.76. The van der Waals surface area contributed by atoms with E-state index in [1.165, 1.54) is 5.56 Å². The molecule has 1 unspecified atom stereocenters. The number of rotatable bonds is 4. The molecule has 0 aliphatic heterocycles. The maximum Gasteiger partial charge on any atom is 0.300 e. The van der Waals surface area contributed by atoms with Crippen LogP contribution < -0.4 is 10.5 Å². The van der Waals surface area contributed by atoms with Gasteiger partial charge in [-0.1, -0.05) is 26.0 Å². The summed E-state index contributed by atoms with van der Waals surface area (Å²) in [5.74, 6) is 1.34. The van der Waals surface area contributed by atoms with Crippen molar-refractivity contribution in [2.45, 2.75) is 26.2 Å². The number of hydrogen-bond acceptors (Lipinski definition) is 3. The van der Waals surface area contributed by atoms with E-state index in [9.17, 15) is 0 Å². The lowest BCUT2D eigenvalue weighted by Crippen LogP contribution is -1.91. The Bertz CT molecular complexity index is 746. The Morgan fingerprint density at radius 1 is 1.19 bits per heavy atom. The van der Waals surface area contributed by atoms with Crippen molar-refractivity contribution in [3.63, 3.8) is 0 Å². The molecule has 0 bridgehead atoms. The summed E-state index contributed by atoms with van der Waals surface area (Å²) in [7, 11) is 0. The number of aromatic amines is 1. The molecule has 0 radical (unpaired) electrons. The summed E-state index contributed by atoms with van der Waals surface area (Å²) in [5, 5.41) is 0. The second-order valence-corrected chi connectivity index (χ2v) is 5.30. The highest BCUT2D eigenvalue weighted by Gasteiger charge is 2.07. The zero-order valence-electron chi connectivity index (χ0n) is 12.3. The molecule has 0 saturated carbocycles. The summed E-state index contributed by atoms with van der Waals surface area (Å²) in [4.78, 5) is 7.51. The van der Waals surface area contributed by atoms with Crippen LogP contribution in [0.25, 0.3) is 11.0 Å². The third kappa shape index (κ3) is 2.84. The van der Waals surface area contributed by atoms with Gasteiger partial charge in [0.15, 0.2) is 0 Å². The molecule has 3 aromatic rings. The average Bonchev–Trinajstić information content (AvgIpc) is 2.88. The van der Waals surface area contributed by atoms with Gasteiger partial charge in [-0.05, 0) is 48.2 Å². The van der Waals surface area contributed by atoms with Crippen molar-refractivity contribution in [2.24, 2.45) is 0 Å². The Kier molecular flexibility index (Phi) is 3.52. The lowest BCUT2D eigenvalue weighted by atomic mass is 9.99. The molecule has 0 aliphatic carbocycles. The van der Waals surface area contributed by atoms with E-state index in [4.69, 9.17) is 10.5 Å². The molecule has 2 aromatic carbocycles. The van der Waals surface area contributed by atoms with Crippen molar-refractivity contribution in [1.29, 1.82) is 0 Å². The van der Waals surface area contributed by atoms with E-state index >= 15 is 0 Å². The molecule has 0 aliphatic rings. The molecule has 1 atom stereocenters. The van der Waals surface area contributed by atoms with Gasteiger partial charge in [-0.3, -0.25) is 0 Å². The first-order valence-corrected chi connectivity index (χ1v) is 7.18. The molecule has 3 N–H and O–H groups in total. The molecule has 4 heteroatoms. The smallest absolute Gasteiger partial charge is 0.300 e. The van der Waals surface area contributed by atoms with Gasteiger partial charge < -0.3 is 15.5 Å². The lowest BCUT2D eigenvalue weighted by Gasteiger charge is -2.09. The number of H-pyrrole nitrogens is 1. The van der Waals surface area contributed by atoms with Crippen LogP contribution in [0, 0.1) is 0 Å². The van der Waals surface area contributed by atoms with E-state index in [0.29, 0.717) is 17.6 Å². The van der Waals surface area contributed by atoms with Crippen LogP contribution in [0.2, 0.25) is 0 Å². The molecule has 21 heavy (non-hydrogen) atoms. The summed E-state index contributed by atoms with van der Waals surface area (Å²) in [6.45, 7) is 4.41. The summed E-state index contributed by atoms with van der Waals surface area (Å²) in [6, 6.07) is 14.2. The largest absolute Gasteiger partial charge is 0.426 e. The highest BCUT2D eigenvalue weighted by molar-refractivity contribution is 5.79. The second-order valence-electron chi connectivity index (χ2n) is 5.30. The molecule has 0 amide bonds. The van der Waals surface area contributed by atoms with Crippen molar-refractivity contribution >= 4 is 16.7 Å². The van der Waals surface area contributed by atoms with E-state index in [-0.39, 0.29) is 0 Å². The topological polar surface area (TPSA) is 63.9 Å². The van der Waals surface area contributed by atoms with Gasteiger partial charge in [-0.25, -0.2) is 0 Å². The highest BCUT2D eigenvalue weighted by atomic mass is 16.5. The van der Waals surface area contributed by atoms with Crippen molar-refractivity contribution in [3.05, 3.63) is 48.0 Å². The van der Waals surface area contributed by atoms with Gasteiger partial charge >= 0.3 is 0 Å². The van der Waals surface area contributed by atoms with Crippen molar-refractivity contribution < 1.29 is 4.74 Å². The van der Waals surface area contributed by atoms with E-state index in [1.54, 1.807) is 0 Å². The molecule has 0 spiro atoms. The van der Waals surface area contributed by atoms with Crippen LogP contribution in [-0.4, -0.2) is 9.97 Å². The minimum absolute atomic E-state index is 0.479. The number of ether oxygens (including phenoxy) is 1. The average molecular weight is 281 g/mol. The number of benzene rings is 2. The quantitative estimate of drug-likeness (QED) is 0.694. The first-order valence-electron chi connectivity index (χ1n) is 7.18. The Morgan fingerprint density at radius 3 is 2.67 bits per heavy atom. The van der Waals surface area contributed by atoms with Crippen LogP contribution >= 0.6 is 0 Å². The molecule has 1 aromatic heterocycles. The normalized spacial score (nSPS) is 12.5. The number of anilines is 1. The van der Waals surface area contributed by atoms with Gasteiger partial charge in [-0.2, -0.15) is 4.98 Å². The Morgan fingerprint density at radius 2 is 1.95 bits per heavy atom. The summed E-state index contributed by atoms with van der Waals surface area (Å²) >= 11 is 0. The van der Waals surface area contributed by atoms with Crippen LogP contribution in [0.3, 0.4) is 0 Å². The monoisotopic (exact) mass is 281 g/mol. The van der Waals surface area contributed by atoms with Crippen molar-refractivity contribution in [3.8, 4) is 11.8 Å². The molecule has 108 valence electrons. The number of nitrogens with one attached hydrogen (secondary N) is 1. The maximum atomic E-state index is 5.76. The minimum atomic E-state index is 0.479. The number of fused-ring (bicyclic) bond motifs is 1. The van der Waals surface area contributed by atoms with Gasteiger partial charge in [0, 0.05) is 5.69 Å². The molecule has 0 fully saturated rings. The number of hydrogen-bond donors (Lipinski definition) is 2. The Balaban J connectivity index is 1.81. The van der Waals surface area contributed by atoms with Crippen LogP contribution in [0.4, 0.5) is 5.69 Å². The van der Waals surface area contributed by atoms with E-state index in [1.807, 2.05) is 30.3 Å². The van der Waals surface area contributed by atoms with Gasteiger partial charge in [0.1, 0.15) is 5.75 Å². The van der Waals surface area contributed by atoms with Crippen molar-refractivity contribution in [1.82, 2.24) is 9.97 Å². The number of nitrogens with zero attached hydrogens (tertiary/aromatic N) is 1. The molecular formula is C17H19N3O. The lowest BCUT2D eigenvalue weighted by molar-refractivity contribution is 0.449. The molecule has 3 rings (SSSR count). The molecule has 1 heterocycles. The summed E-state index contributed by atoms with van der Waals surface area (Å²) in [6.07, 6.45) is 1.13. The van der Waals surface area contributed by atoms with E-state index in [0.717, 1.165) is 23.2 Å². The number of nitrogen functional groups attached to an aromatic ring is 1. The fraction of sp³-hybridized carbons (Fsp3) is 0.235. The van der Waals surface area contributed by atoms with Gasteiger partial charge in [0.05, 0.1) is 11.0 Å². The predicted octanol–water partition coefficient (Wildman–Crippen LogP) is 4.45. The fourth-order valence-corrected chi connectivity index (χ4v) is 2.26. The zero-order valence-corrected chi connectivity index (χ0v) is 12.3. The van der Waals surface area contributed by atoms with Gasteiger partial charge in [0.2, 0.25) is 0 Å². The van der Waals surface area contributed by atoms with E-state index in [2.05, 4.69) is 35.9 Å². The number of aromatic nitrogens is 2. The fourth-order valence-electron chi connectivity index (χ4n) is 2.26. The maximum absolute atomic E-state index is 5.76. The van der Waals surface area contributed by atoms with E-state index < -0.39 is 0 Å². The minimum Gasteiger partial charge on any atom is -0.426 e. The molecule has 0 saturated heterocycles. The Hall–Kier alpha value is -2.49. The van der Waals surface area contributed by atoms with Gasteiger partial charge in [0.25, 0.3) is 6.01 Å². The van der Waals surface area contributed by atoms with Crippen LogP contribution in [-0.2, 0) is 0 Å². The molecular weight excluding hydrogens is 262 g/mol. The second kappa shape index (κ2) is 5.48. The first-order chi connectivity index (χ1) is 10.2. The van der Waals surface area contributed by atoms with Crippen LogP contribution in [0.1, 0.15) is 31.7 Å². The zero-order chi connectivity index (χ0) is 14.8. The highest BCUT2D eigenvalue weighted by Crippen LogP contribution is 2.25. The predicted molar refractivity (Wildman–Crippen MR) is 85.7 cm³/mol. The summed E-state index contributed by atoms with van der Waals surface area (Å²) in [5.41, 5.74) is 9.50. The number of nitrogens with two attached hydrogens (primary N) is 1. The van der Waals surface area contributed by atoms with Crippen LogP contribution in [0.15, 0.2) is 42.5 Å². The standard InChI is InChI=1S/C17H19N3O/c1-3-11(2)12-4-7-14(8-5-12)21-17-19-15-9-6-13(18)10-16(15)20-17/h4-11H,3,18H2,1-2H3,(H,19,20). The number of imidazole rings is 1. The third-order valence-corrected chi connectivity index (χ3v) is 3.76. The molecule has 4 nitrogen and oxygen atoms in total. The van der Waals surface area contributed by atoms with Crippen molar-refractivity contribution in [2.75, 3.05) is 5.73 Å². The summed E-state index contributed by atoms with van der Waals surface area (Å²) < 4.78 is 5.76.